The predicted molar refractivity (Wildman–Crippen MR) is 100 cm³/mol. The molecule has 0 atom stereocenters. The normalized spacial score (nSPS) is 17.9. The molecule has 1 aromatic heterocycles. The van der Waals surface area contributed by atoms with E-state index in [1.54, 1.807) is 12.4 Å². The van der Waals surface area contributed by atoms with Crippen molar-refractivity contribution >= 4 is 11.9 Å². The van der Waals surface area contributed by atoms with E-state index in [-0.39, 0.29) is 17.3 Å². The average molecular weight is 347 g/mol. The molecule has 0 aliphatic heterocycles. The van der Waals surface area contributed by atoms with E-state index < -0.39 is 0 Å². The van der Waals surface area contributed by atoms with Crippen LogP contribution in [0.5, 0.6) is 0 Å². The number of hydrogen-bond donors (Lipinski definition) is 1. The number of allylic oxidation sites excluding steroid dienone is 3. The summed E-state index contributed by atoms with van der Waals surface area (Å²) in [6, 6.07) is 8.58. The maximum atomic E-state index is 11.8. The number of ether oxygens (including phenoxy) is 1. The zero-order valence-corrected chi connectivity index (χ0v) is 14.7. The number of aromatic nitrogens is 2. The fraction of sp³-hybridized carbons (Fsp3) is 0.286. The Morgan fingerprint density at radius 3 is 2.35 bits per heavy atom. The molecule has 26 heavy (non-hydrogen) atoms. The highest BCUT2D eigenvalue weighted by Gasteiger charge is 2.43. The van der Waals surface area contributed by atoms with Gasteiger partial charge in [-0.05, 0) is 24.0 Å². The first-order valence-electron chi connectivity index (χ1n) is 8.79. The second kappa shape index (κ2) is 6.41. The van der Waals surface area contributed by atoms with Crippen molar-refractivity contribution in [1.29, 1.82) is 0 Å². The van der Waals surface area contributed by atoms with E-state index in [1.807, 2.05) is 6.08 Å². The molecule has 0 spiro atoms. The smallest absolute Gasteiger partial charge is 0.334 e. The Balaban J connectivity index is 1.58. The lowest BCUT2D eigenvalue weighted by Crippen LogP contribution is -2.36. The summed E-state index contributed by atoms with van der Waals surface area (Å²) in [6.07, 6.45) is 11.6. The number of rotatable bonds is 4. The first-order chi connectivity index (χ1) is 12.6. The van der Waals surface area contributed by atoms with Gasteiger partial charge in [-0.3, -0.25) is 0 Å². The molecule has 0 amide bonds. The van der Waals surface area contributed by atoms with Gasteiger partial charge in [-0.25, -0.2) is 14.8 Å². The quantitative estimate of drug-likeness (QED) is 0.855. The maximum Gasteiger partial charge on any atom is 0.334 e. The summed E-state index contributed by atoms with van der Waals surface area (Å²) in [6.45, 7) is 0. The summed E-state index contributed by atoms with van der Waals surface area (Å²) >= 11 is 0. The highest BCUT2D eigenvalue weighted by molar-refractivity contribution is 5.90. The molecule has 5 heteroatoms. The third-order valence-electron chi connectivity index (χ3n) is 5.58. The van der Waals surface area contributed by atoms with E-state index >= 15 is 0 Å². The molecule has 132 valence electrons. The molecule has 1 fully saturated rings. The third kappa shape index (κ3) is 2.69. The van der Waals surface area contributed by atoms with Gasteiger partial charge in [0.25, 0.3) is 0 Å². The lowest BCUT2D eigenvalue weighted by molar-refractivity contribution is -0.136. The minimum Gasteiger partial charge on any atom is -0.466 e. The number of esters is 1. The van der Waals surface area contributed by atoms with Gasteiger partial charge in [-0.15, -0.1) is 0 Å². The zero-order chi connectivity index (χ0) is 18.1. The Kier molecular flexibility index (Phi) is 4.07. The van der Waals surface area contributed by atoms with Crippen LogP contribution in [0.25, 0.3) is 11.1 Å². The Hall–Kier alpha value is -2.95. The highest BCUT2D eigenvalue weighted by atomic mass is 16.5. The Labute approximate surface area is 152 Å². The van der Waals surface area contributed by atoms with Crippen molar-refractivity contribution in [2.45, 2.75) is 31.1 Å². The number of nitrogens with zero attached hydrogens (tertiary/aromatic N) is 2. The predicted octanol–water partition coefficient (Wildman–Crippen LogP) is 3.58. The molecule has 0 bridgehead atoms. The second-order valence-electron chi connectivity index (χ2n) is 6.90. The van der Waals surface area contributed by atoms with Crippen LogP contribution in [-0.2, 0) is 14.9 Å². The summed E-state index contributed by atoms with van der Waals surface area (Å²) in [5.41, 5.74) is 11.0. The monoisotopic (exact) mass is 347 g/mol. The summed E-state index contributed by atoms with van der Waals surface area (Å²) in [5, 5.41) is 0. The topological polar surface area (TPSA) is 78.1 Å². The number of anilines is 1. The summed E-state index contributed by atoms with van der Waals surface area (Å²) in [4.78, 5) is 19.9. The van der Waals surface area contributed by atoms with E-state index in [2.05, 4.69) is 40.3 Å². The first-order valence-corrected chi connectivity index (χ1v) is 8.79. The number of carbonyl (C=O) groups is 1. The van der Waals surface area contributed by atoms with Crippen molar-refractivity contribution in [2.75, 3.05) is 12.8 Å². The number of carbonyl (C=O) groups excluding carboxylic acids is 1. The first kappa shape index (κ1) is 16.5. The highest BCUT2D eigenvalue weighted by Crippen LogP contribution is 2.52. The summed E-state index contributed by atoms with van der Waals surface area (Å²) < 4.78 is 4.86. The van der Waals surface area contributed by atoms with Crippen LogP contribution in [0.2, 0.25) is 0 Å². The van der Waals surface area contributed by atoms with Gasteiger partial charge in [-0.2, -0.15) is 0 Å². The van der Waals surface area contributed by atoms with Crippen LogP contribution in [0.1, 0.15) is 31.2 Å². The Morgan fingerprint density at radius 2 is 1.77 bits per heavy atom. The van der Waals surface area contributed by atoms with Crippen LogP contribution in [-0.4, -0.2) is 23.0 Å². The molecule has 5 nitrogen and oxygen atoms in total. The van der Waals surface area contributed by atoms with Crippen LogP contribution in [0.4, 0.5) is 5.95 Å². The van der Waals surface area contributed by atoms with Gasteiger partial charge < -0.3 is 10.5 Å². The van der Waals surface area contributed by atoms with Crippen LogP contribution in [0, 0.1) is 0 Å². The molecule has 2 aliphatic rings. The van der Waals surface area contributed by atoms with Crippen LogP contribution >= 0.6 is 0 Å². The van der Waals surface area contributed by atoms with Crippen LogP contribution in [0.3, 0.4) is 0 Å². The third-order valence-corrected chi connectivity index (χ3v) is 5.58. The van der Waals surface area contributed by atoms with Gasteiger partial charge in [0.2, 0.25) is 5.95 Å². The Bertz CT molecular complexity index is 892. The lowest BCUT2D eigenvalue weighted by atomic mass is 9.59. The van der Waals surface area contributed by atoms with Gasteiger partial charge in [0.15, 0.2) is 0 Å². The minimum atomic E-state index is -0.232. The molecule has 1 aromatic carbocycles. The number of hydrogen-bond acceptors (Lipinski definition) is 5. The number of methoxy groups -OCH3 is 1. The van der Waals surface area contributed by atoms with E-state index in [0.717, 1.165) is 29.5 Å². The second-order valence-corrected chi connectivity index (χ2v) is 6.90. The van der Waals surface area contributed by atoms with Crippen molar-refractivity contribution in [3.63, 3.8) is 0 Å². The summed E-state index contributed by atoms with van der Waals surface area (Å²) in [7, 11) is 1.43. The fourth-order valence-corrected chi connectivity index (χ4v) is 3.92. The van der Waals surface area contributed by atoms with E-state index in [0.29, 0.717) is 6.42 Å². The molecule has 2 aliphatic carbocycles. The molecule has 0 saturated heterocycles. The van der Waals surface area contributed by atoms with E-state index in [1.165, 1.54) is 24.7 Å². The van der Waals surface area contributed by atoms with Gasteiger partial charge in [0.1, 0.15) is 0 Å². The van der Waals surface area contributed by atoms with Gasteiger partial charge in [0.05, 0.1) is 7.11 Å². The van der Waals surface area contributed by atoms with E-state index in [9.17, 15) is 4.79 Å². The van der Waals surface area contributed by atoms with Crippen molar-refractivity contribution < 1.29 is 9.53 Å². The molecule has 4 rings (SSSR count). The minimum absolute atomic E-state index is 0.0441. The molecule has 2 N–H and O–H groups in total. The maximum absolute atomic E-state index is 11.8. The van der Waals surface area contributed by atoms with E-state index in [4.69, 9.17) is 10.5 Å². The number of benzene rings is 1. The number of nitrogen functional groups attached to an aromatic ring is 1. The van der Waals surface area contributed by atoms with Crippen molar-refractivity contribution in [3.05, 3.63) is 65.5 Å². The summed E-state index contributed by atoms with van der Waals surface area (Å²) in [5.74, 6) is 0.0466. The number of nitrogens with two attached hydrogens (primary N) is 1. The standard InChI is InChI=1S/C21H21N3O2/c1-26-19(25)15-5-8-18(11-15)21(9-2-10-21)17-6-3-14(4-7-17)16-12-23-20(22)24-13-16/h3-8,12-13H,2,9-11H2,1H3,(H2,22,23,24). The average Bonchev–Trinajstić information content (AvgIpc) is 3.12. The van der Waals surface area contributed by atoms with Crippen LogP contribution in [0.15, 0.2) is 60.0 Å². The van der Waals surface area contributed by atoms with Gasteiger partial charge in [0, 0.05) is 35.4 Å². The molecule has 2 aromatic rings. The molecule has 0 unspecified atom stereocenters. The molecular weight excluding hydrogens is 326 g/mol. The van der Waals surface area contributed by atoms with Gasteiger partial charge >= 0.3 is 5.97 Å². The van der Waals surface area contributed by atoms with Crippen molar-refractivity contribution in [1.82, 2.24) is 9.97 Å². The fourth-order valence-electron chi connectivity index (χ4n) is 3.92. The van der Waals surface area contributed by atoms with Gasteiger partial charge in [-0.1, -0.05) is 48.4 Å². The molecule has 0 radical (unpaired) electrons. The largest absolute Gasteiger partial charge is 0.466 e. The van der Waals surface area contributed by atoms with Crippen LogP contribution < -0.4 is 5.73 Å². The lowest BCUT2D eigenvalue weighted by Gasteiger charge is -2.44. The molecule has 1 saturated carbocycles. The Morgan fingerprint density at radius 1 is 1.08 bits per heavy atom. The molecule has 1 heterocycles. The SMILES string of the molecule is COC(=O)C1=CC=C(C2(c3ccc(-c4cnc(N)nc4)cc3)CCC2)C1. The van der Waals surface area contributed by atoms with Crippen molar-refractivity contribution in [3.8, 4) is 11.1 Å². The zero-order valence-electron chi connectivity index (χ0n) is 14.7. The molecular formula is C21H21N3O2. The van der Waals surface area contributed by atoms with Crippen molar-refractivity contribution in [2.24, 2.45) is 0 Å².